The van der Waals surface area contributed by atoms with Crippen molar-refractivity contribution < 1.29 is 0 Å². The fourth-order valence-corrected chi connectivity index (χ4v) is 2.80. The fourth-order valence-electron chi connectivity index (χ4n) is 2.80. The van der Waals surface area contributed by atoms with Crippen LogP contribution in [0.5, 0.6) is 0 Å². The van der Waals surface area contributed by atoms with Crippen LogP contribution in [0, 0.1) is 5.92 Å². The van der Waals surface area contributed by atoms with Crippen LogP contribution in [0.1, 0.15) is 24.1 Å². The smallest absolute Gasteiger partial charge is 0.178 e. The summed E-state index contributed by atoms with van der Waals surface area (Å²) in [6, 6.07) is 5.86. The van der Waals surface area contributed by atoms with Gasteiger partial charge in [-0.2, -0.15) is 0 Å². The summed E-state index contributed by atoms with van der Waals surface area (Å²) in [5.74, 6) is 1.69. The average Bonchev–Trinajstić information content (AvgIpc) is 3.31. The molecule has 2 aliphatic rings. The minimum absolute atomic E-state index is 0.748. The van der Waals surface area contributed by atoms with Gasteiger partial charge in [-0.15, -0.1) is 0 Å². The van der Waals surface area contributed by atoms with Gasteiger partial charge in [0.1, 0.15) is 5.69 Å². The number of pyridine rings is 1. The molecule has 0 aromatic carbocycles. The highest BCUT2D eigenvalue weighted by Gasteiger charge is 2.27. The molecule has 0 unspecified atom stereocenters. The van der Waals surface area contributed by atoms with E-state index in [1.807, 2.05) is 24.4 Å². The molecule has 2 aromatic rings. The normalized spacial score (nSPS) is 18.8. The van der Waals surface area contributed by atoms with Crippen LogP contribution >= 0.6 is 0 Å². The van der Waals surface area contributed by atoms with E-state index in [-0.39, 0.29) is 0 Å². The second-order valence-corrected chi connectivity index (χ2v) is 5.81. The highest BCUT2D eigenvalue weighted by molar-refractivity contribution is 5.49. The summed E-state index contributed by atoms with van der Waals surface area (Å²) in [6.45, 7) is 3.35. The van der Waals surface area contributed by atoms with E-state index in [0.29, 0.717) is 0 Å². The molecule has 0 amide bonds. The number of nitrogens with zero attached hydrogens (tertiary/aromatic N) is 4. The zero-order valence-corrected chi connectivity index (χ0v) is 11.5. The van der Waals surface area contributed by atoms with Crippen LogP contribution < -0.4 is 0 Å². The van der Waals surface area contributed by atoms with Crippen molar-refractivity contribution in [1.82, 2.24) is 19.9 Å². The molecule has 0 spiro atoms. The molecule has 2 aromatic heterocycles. The molecule has 0 atom stereocenters. The predicted molar refractivity (Wildman–Crippen MR) is 77.0 cm³/mol. The number of hydrogen-bond donors (Lipinski definition) is 0. The standard InChI is InChI=1S/C16H18N4/c1-2-7-17-14(3-1)16-18-9-13-6-8-20(10-12-4-5-12)11-15(13)19-16/h1-3,7,9,12H,4-6,8,10-11H2. The van der Waals surface area contributed by atoms with Gasteiger partial charge in [0.15, 0.2) is 5.82 Å². The van der Waals surface area contributed by atoms with Crippen molar-refractivity contribution in [1.29, 1.82) is 0 Å². The monoisotopic (exact) mass is 266 g/mol. The van der Waals surface area contributed by atoms with Gasteiger partial charge in [0.05, 0.1) is 5.69 Å². The second kappa shape index (κ2) is 4.94. The quantitative estimate of drug-likeness (QED) is 0.855. The molecule has 1 aliphatic heterocycles. The van der Waals surface area contributed by atoms with E-state index >= 15 is 0 Å². The Balaban J connectivity index is 1.59. The van der Waals surface area contributed by atoms with Crippen LogP contribution in [0.25, 0.3) is 11.5 Å². The maximum absolute atomic E-state index is 4.75. The van der Waals surface area contributed by atoms with Crippen LogP contribution in [0.4, 0.5) is 0 Å². The van der Waals surface area contributed by atoms with Gasteiger partial charge < -0.3 is 0 Å². The molecule has 1 fully saturated rings. The van der Waals surface area contributed by atoms with E-state index in [9.17, 15) is 0 Å². The second-order valence-electron chi connectivity index (χ2n) is 5.81. The summed E-state index contributed by atoms with van der Waals surface area (Å²) in [5, 5.41) is 0. The SMILES string of the molecule is c1ccc(-c2ncc3c(n2)CN(CC2CC2)CC3)nc1. The van der Waals surface area contributed by atoms with Crippen molar-refractivity contribution in [2.24, 2.45) is 5.92 Å². The van der Waals surface area contributed by atoms with Gasteiger partial charge in [0.25, 0.3) is 0 Å². The first kappa shape index (κ1) is 12.0. The first-order valence-corrected chi connectivity index (χ1v) is 7.37. The molecule has 0 bridgehead atoms. The van der Waals surface area contributed by atoms with Crippen molar-refractivity contribution in [3.05, 3.63) is 41.9 Å². The zero-order chi connectivity index (χ0) is 13.4. The Morgan fingerprint density at radius 2 is 2.15 bits per heavy atom. The molecule has 3 heterocycles. The van der Waals surface area contributed by atoms with E-state index in [1.54, 1.807) is 6.20 Å². The molecule has 0 saturated heterocycles. The number of hydrogen-bond acceptors (Lipinski definition) is 4. The van der Waals surface area contributed by atoms with Crippen LogP contribution in [0.2, 0.25) is 0 Å². The fraction of sp³-hybridized carbons (Fsp3) is 0.438. The molecule has 1 saturated carbocycles. The Morgan fingerprint density at radius 3 is 2.95 bits per heavy atom. The highest BCUT2D eigenvalue weighted by atomic mass is 15.1. The summed E-state index contributed by atoms with van der Waals surface area (Å²) in [7, 11) is 0. The predicted octanol–water partition coefficient (Wildman–Crippen LogP) is 2.31. The Bertz CT molecular complexity index is 607. The average molecular weight is 266 g/mol. The van der Waals surface area contributed by atoms with E-state index < -0.39 is 0 Å². The highest BCUT2D eigenvalue weighted by Crippen LogP contribution is 2.31. The largest absolute Gasteiger partial charge is 0.297 e. The molecular formula is C16H18N4. The molecular weight excluding hydrogens is 248 g/mol. The topological polar surface area (TPSA) is 41.9 Å². The molecule has 4 rings (SSSR count). The first-order valence-electron chi connectivity index (χ1n) is 7.37. The first-order chi connectivity index (χ1) is 9.88. The van der Waals surface area contributed by atoms with E-state index in [0.717, 1.165) is 36.9 Å². The molecule has 4 heteroatoms. The van der Waals surface area contributed by atoms with E-state index in [1.165, 1.54) is 30.6 Å². The van der Waals surface area contributed by atoms with Crippen molar-refractivity contribution in [2.45, 2.75) is 25.8 Å². The summed E-state index contributed by atoms with van der Waals surface area (Å²) in [6.07, 6.45) is 7.67. The molecule has 0 radical (unpaired) electrons. The lowest BCUT2D eigenvalue weighted by atomic mass is 10.1. The lowest BCUT2D eigenvalue weighted by molar-refractivity contribution is 0.240. The maximum Gasteiger partial charge on any atom is 0.178 e. The molecule has 0 N–H and O–H groups in total. The number of fused-ring (bicyclic) bond motifs is 1. The van der Waals surface area contributed by atoms with Gasteiger partial charge in [-0.3, -0.25) is 9.88 Å². The lowest BCUT2D eigenvalue weighted by Gasteiger charge is -2.27. The van der Waals surface area contributed by atoms with Gasteiger partial charge in [-0.25, -0.2) is 9.97 Å². The molecule has 102 valence electrons. The Kier molecular flexibility index (Phi) is 2.96. The number of rotatable bonds is 3. The third kappa shape index (κ3) is 2.43. The summed E-state index contributed by atoms with van der Waals surface area (Å²) >= 11 is 0. The van der Waals surface area contributed by atoms with Crippen molar-refractivity contribution >= 4 is 0 Å². The minimum atomic E-state index is 0.748. The Hall–Kier alpha value is -1.81. The summed E-state index contributed by atoms with van der Waals surface area (Å²) < 4.78 is 0. The summed E-state index contributed by atoms with van der Waals surface area (Å²) in [5.41, 5.74) is 3.35. The summed E-state index contributed by atoms with van der Waals surface area (Å²) in [4.78, 5) is 16.1. The van der Waals surface area contributed by atoms with Crippen molar-refractivity contribution in [3.8, 4) is 11.5 Å². The van der Waals surface area contributed by atoms with Crippen LogP contribution in [0.15, 0.2) is 30.6 Å². The van der Waals surface area contributed by atoms with Crippen molar-refractivity contribution in [3.63, 3.8) is 0 Å². The van der Waals surface area contributed by atoms with Gasteiger partial charge in [-0.05, 0) is 42.9 Å². The lowest BCUT2D eigenvalue weighted by Crippen LogP contribution is -2.33. The van der Waals surface area contributed by atoms with Crippen LogP contribution in [-0.4, -0.2) is 32.9 Å². The third-order valence-corrected chi connectivity index (χ3v) is 4.13. The van der Waals surface area contributed by atoms with Crippen LogP contribution in [-0.2, 0) is 13.0 Å². The minimum Gasteiger partial charge on any atom is -0.297 e. The van der Waals surface area contributed by atoms with Gasteiger partial charge in [0.2, 0.25) is 0 Å². The van der Waals surface area contributed by atoms with E-state index in [4.69, 9.17) is 4.98 Å². The van der Waals surface area contributed by atoms with Gasteiger partial charge in [0, 0.05) is 32.0 Å². The van der Waals surface area contributed by atoms with Crippen LogP contribution in [0.3, 0.4) is 0 Å². The molecule has 4 nitrogen and oxygen atoms in total. The number of aromatic nitrogens is 3. The zero-order valence-electron chi connectivity index (χ0n) is 11.5. The third-order valence-electron chi connectivity index (χ3n) is 4.13. The molecule has 1 aliphatic carbocycles. The Labute approximate surface area is 118 Å². The maximum atomic E-state index is 4.75. The van der Waals surface area contributed by atoms with E-state index in [2.05, 4.69) is 14.9 Å². The van der Waals surface area contributed by atoms with Gasteiger partial charge in [-0.1, -0.05) is 6.07 Å². The van der Waals surface area contributed by atoms with Gasteiger partial charge >= 0.3 is 0 Å². The van der Waals surface area contributed by atoms with Crippen molar-refractivity contribution in [2.75, 3.05) is 13.1 Å². The Morgan fingerprint density at radius 1 is 1.20 bits per heavy atom. The molecule has 20 heavy (non-hydrogen) atoms.